The van der Waals surface area contributed by atoms with Crippen molar-refractivity contribution in [1.82, 2.24) is 0 Å². The molecule has 0 spiro atoms. The highest BCUT2D eigenvalue weighted by Gasteiger charge is 2.39. The summed E-state index contributed by atoms with van der Waals surface area (Å²) in [6.45, 7) is 9.11. The van der Waals surface area contributed by atoms with Crippen molar-refractivity contribution in [3.8, 4) is 33.4 Å². The van der Waals surface area contributed by atoms with Crippen LogP contribution < -0.4 is 4.90 Å². The minimum atomic E-state index is -0.423. The van der Waals surface area contributed by atoms with E-state index in [-0.39, 0.29) is 5.41 Å². The van der Waals surface area contributed by atoms with E-state index >= 15 is 0 Å². The van der Waals surface area contributed by atoms with Gasteiger partial charge in [0.1, 0.15) is 0 Å². The Labute approximate surface area is 280 Å². The third-order valence-corrected chi connectivity index (χ3v) is 9.80. The molecule has 0 saturated heterocycles. The predicted molar refractivity (Wildman–Crippen MR) is 202 cm³/mol. The molecule has 47 heavy (non-hydrogen) atoms. The molecular formula is C46H41N. The SMILES string of the molecule is C\C=C/C=C\C=C1/C=CC=CC1(C)N(c1ccc(-c2ccccc2)cc1)c1ccc2c(c1)C(C)(C)c1cc(-c3ccccc3)ccc1-2. The van der Waals surface area contributed by atoms with E-state index in [1.165, 1.54) is 55.8 Å². The molecule has 2 aliphatic rings. The summed E-state index contributed by atoms with van der Waals surface area (Å²) in [5.41, 5.74) is 13.3. The number of nitrogens with zero attached hydrogens (tertiary/aromatic N) is 1. The molecule has 5 aromatic carbocycles. The van der Waals surface area contributed by atoms with Gasteiger partial charge in [-0.2, -0.15) is 0 Å². The normalized spacial score (nSPS) is 18.6. The smallest absolute Gasteiger partial charge is 0.0860 e. The zero-order valence-electron chi connectivity index (χ0n) is 27.7. The largest absolute Gasteiger partial charge is 0.328 e. The fourth-order valence-electron chi connectivity index (χ4n) is 7.22. The van der Waals surface area contributed by atoms with Crippen LogP contribution in [-0.4, -0.2) is 5.54 Å². The van der Waals surface area contributed by atoms with Crippen molar-refractivity contribution >= 4 is 11.4 Å². The molecule has 0 amide bonds. The van der Waals surface area contributed by atoms with E-state index in [1.54, 1.807) is 0 Å². The van der Waals surface area contributed by atoms with Crippen molar-refractivity contribution in [1.29, 1.82) is 0 Å². The lowest BCUT2D eigenvalue weighted by Crippen LogP contribution is -2.44. The molecule has 0 aromatic heterocycles. The maximum absolute atomic E-state index is 2.51. The van der Waals surface area contributed by atoms with Crippen LogP contribution in [-0.2, 0) is 5.41 Å². The van der Waals surface area contributed by atoms with E-state index in [2.05, 4.69) is 202 Å². The van der Waals surface area contributed by atoms with Crippen LogP contribution in [0.25, 0.3) is 33.4 Å². The Kier molecular flexibility index (Phi) is 8.00. The average Bonchev–Trinajstić information content (AvgIpc) is 3.33. The second-order valence-electron chi connectivity index (χ2n) is 13.1. The first-order chi connectivity index (χ1) is 22.9. The van der Waals surface area contributed by atoms with Gasteiger partial charge in [-0.3, -0.25) is 0 Å². The number of hydrogen-bond acceptors (Lipinski definition) is 1. The number of allylic oxidation sites excluding steroid dienone is 7. The van der Waals surface area contributed by atoms with Crippen LogP contribution in [0.3, 0.4) is 0 Å². The predicted octanol–water partition coefficient (Wildman–Crippen LogP) is 12.4. The quantitative estimate of drug-likeness (QED) is 0.166. The fraction of sp³-hybridized carbons (Fsp3) is 0.130. The van der Waals surface area contributed by atoms with Gasteiger partial charge in [0, 0.05) is 16.8 Å². The zero-order valence-corrected chi connectivity index (χ0v) is 27.7. The minimum Gasteiger partial charge on any atom is -0.328 e. The van der Waals surface area contributed by atoms with Crippen molar-refractivity contribution in [3.05, 3.63) is 193 Å². The van der Waals surface area contributed by atoms with Gasteiger partial charge in [0.2, 0.25) is 0 Å². The number of anilines is 2. The van der Waals surface area contributed by atoms with Gasteiger partial charge in [-0.05, 0) is 94.3 Å². The summed E-state index contributed by atoms with van der Waals surface area (Å²) in [5, 5.41) is 0. The van der Waals surface area contributed by atoms with Crippen molar-refractivity contribution in [2.45, 2.75) is 38.6 Å². The lowest BCUT2D eigenvalue weighted by Gasteiger charge is -2.43. The Bertz CT molecular complexity index is 2050. The summed E-state index contributed by atoms with van der Waals surface area (Å²) in [5.74, 6) is 0. The third kappa shape index (κ3) is 5.53. The highest BCUT2D eigenvalue weighted by molar-refractivity contribution is 5.86. The molecule has 1 unspecified atom stereocenters. The number of fused-ring (bicyclic) bond motifs is 3. The maximum atomic E-state index is 2.51. The van der Waals surface area contributed by atoms with Crippen molar-refractivity contribution in [3.63, 3.8) is 0 Å². The first-order valence-corrected chi connectivity index (χ1v) is 16.6. The first-order valence-electron chi connectivity index (χ1n) is 16.6. The van der Waals surface area contributed by atoms with Crippen LogP contribution in [0.2, 0.25) is 0 Å². The van der Waals surface area contributed by atoms with Crippen molar-refractivity contribution in [2.75, 3.05) is 4.90 Å². The topological polar surface area (TPSA) is 3.24 Å². The Morgan fingerprint density at radius 2 is 1.11 bits per heavy atom. The van der Waals surface area contributed by atoms with Crippen LogP contribution in [0.5, 0.6) is 0 Å². The summed E-state index contributed by atoms with van der Waals surface area (Å²) < 4.78 is 0. The Morgan fingerprint density at radius 1 is 0.532 bits per heavy atom. The van der Waals surface area contributed by atoms with Crippen LogP contribution >= 0.6 is 0 Å². The number of benzene rings is 5. The van der Waals surface area contributed by atoms with Gasteiger partial charge in [-0.1, -0.05) is 160 Å². The monoisotopic (exact) mass is 607 g/mol. The molecule has 0 aliphatic heterocycles. The molecule has 2 aliphatic carbocycles. The first kappa shape index (κ1) is 30.3. The third-order valence-electron chi connectivity index (χ3n) is 9.80. The van der Waals surface area contributed by atoms with E-state index < -0.39 is 5.54 Å². The Morgan fingerprint density at radius 3 is 1.79 bits per heavy atom. The molecule has 1 atom stereocenters. The fourth-order valence-corrected chi connectivity index (χ4v) is 7.22. The second kappa shape index (κ2) is 12.4. The lowest BCUT2D eigenvalue weighted by molar-refractivity contribution is 0.652. The molecule has 1 heteroatoms. The van der Waals surface area contributed by atoms with Crippen LogP contribution in [0.15, 0.2) is 182 Å². The molecule has 230 valence electrons. The van der Waals surface area contributed by atoms with Gasteiger partial charge < -0.3 is 4.90 Å². The van der Waals surface area contributed by atoms with Gasteiger partial charge in [0.15, 0.2) is 0 Å². The van der Waals surface area contributed by atoms with Gasteiger partial charge in [0.25, 0.3) is 0 Å². The van der Waals surface area contributed by atoms with Crippen LogP contribution in [0.4, 0.5) is 11.4 Å². The molecule has 0 fully saturated rings. The maximum Gasteiger partial charge on any atom is 0.0860 e. The zero-order chi connectivity index (χ0) is 32.4. The Balaban J connectivity index is 1.36. The molecule has 7 rings (SSSR count). The summed E-state index contributed by atoms with van der Waals surface area (Å²) >= 11 is 0. The van der Waals surface area contributed by atoms with Gasteiger partial charge >= 0.3 is 0 Å². The van der Waals surface area contributed by atoms with Crippen molar-refractivity contribution in [2.24, 2.45) is 0 Å². The second-order valence-corrected chi connectivity index (χ2v) is 13.1. The van der Waals surface area contributed by atoms with Gasteiger partial charge in [0.05, 0.1) is 5.54 Å². The lowest BCUT2D eigenvalue weighted by atomic mass is 9.80. The molecule has 0 saturated carbocycles. The Hall–Kier alpha value is -5.40. The van der Waals surface area contributed by atoms with Crippen LogP contribution in [0, 0.1) is 0 Å². The van der Waals surface area contributed by atoms with Gasteiger partial charge in [-0.25, -0.2) is 0 Å². The minimum absolute atomic E-state index is 0.147. The van der Waals surface area contributed by atoms with E-state index in [1.807, 2.05) is 6.92 Å². The van der Waals surface area contributed by atoms with Crippen molar-refractivity contribution < 1.29 is 0 Å². The number of rotatable bonds is 7. The standard InChI is InChI=1S/C46H41N/c1-5-6-7-14-21-38-22-15-16-31-46(38,4)47(39-26-23-36(24-27-39)34-17-10-8-11-18-34)40-28-30-42-41-29-25-37(35-19-12-9-13-20-35)32-43(41)45(2,3)44(42)33-40/h5-33H,1-4H3/b6-5-,14-7-,38-21+. The highest BCUT2D eigenvalue weighted by Crippen LogP contribution is 2.52. The van der Waals surface area contributed by atoms with Crippen LogP contribution in [0.1, 0.15) is 38.8 Å². The van der Waals surface area contributed by atoms with E-state index in [0.717, 1.165) is 5.69 Å². The molecule has 0 N–H and O–H groups in total. The summed E-state index contributed by atoms with van der Waals surface area (Å²) in [6.07, 6.45) is 19.5. The molecule has 0 heterocycles. The van der Waals surface area contributed by atoms with E-state index in [0.29, 0.717) is 0 Å². The molecule has 5 aromatic rings. The molecule has 0 radical (unpaired) electrons. The molecular weight excluding hydrogens is 567 g/mol. The number of hydrogen-bond donors (Lipinski definition) is 0. The average molecular weight is 608 g/mol. The van der Waals surface area contributed by atoms with E-state index in [4.69, 9.17) is 0 Å². The molecule has 1 nitrogen and oxygen atoms in total. The van der Waals surface area contributed by atoms with Gasteiger partial charge in [-0.15, -0.1) is 0 Å². The highest BCUT2D eigenvalue weighted by atomic mass is 15.2. The summed E-state index contributed by atoms with van der Waals surface area (Å²) in [7, 11) is 0. The molecule has 0 bridgehead atoms. The van der Waals surface area contributed by atoms with E-state index in [9.17, 15) is 0 Å². The summed E-state index contributed by atoms with van der Waals surface area (Å²) in [6, 6.07) is 44.4. The summed E-state index contributed by atoms with van der Waals surface area (Å²) in [4.78, 5) is 2.51.